The van der Waals surface area contributed by atoms with Crippen molar-refractivity contribution in [2.75, 3.05) is 32.8 Å². The van der Waals surface area contributed by atoms with Crippen molar-refractivity contribution in [1.29, 1.82) is 0 Å². The third kappa shape index (κ3) is 7.01. The molecule has 57 heavy (non-hydrogen) atoms. The Balaban J connectivity index is 0.707. The van der Waals surface area contributed by atoms with Gasteiger partial charge in [-0.05, 0) is 128 Å². The average Bonchev–Trinajstić information content (AvgIpc) is 3.82. The van der Waals surface area contributed by atoms with Crippen molar-refractivity contribution in [3.05, 3.63) is 92.9 Å². The SMILES string of the molecule is C[C@]12Cc3cn[nH]c3C[C@@H]1CC[C@@H]1[C@@H]2CC[C@]2(C)[C@@H](OCCCCCC(=O)N3CCN(C(=O)c4cc(Cc5n[nH]c(=O)c6ccccc56)ccc4F)CC3)CC[C@@H]12. The number of nitrogens with zero attached hydrogens (tertiary/aromatic N) is 4. The van der Waals surface area contributed by atoms with Crippen LogP contribution in [0.2, 0.25) is 0 Å². The number of piperazine rings is 1. The number of hydrogen-bond acceptors (Lipinski definition) is 6. The van der Waals surface area contributed by atoms with Crippen LogP contribution < -0.4 is 5.56 Å². The Morgan fingerprint density at radius 1 is 0.895 bits per heavy atom. The average molecular weight is 777 g/mol. The van der Waals surface area contributed by atoms with Gasteiger partial charge in [0, 0.05) is 56.7 Å². The minimum absolute atomic E-state index is 0.00741. The molecule has 2 amide bonds. The van der Waals surface area contributed by atoms with Crippen LogP contribution in [0.1, 0.15) is 111 Å². The summed E-state index contributed by atoms with van der Waals surface area (Å²) in [6.45, 7) is 7.50. The van der Waals surface area contributed by atoms with E-state index in [1.807, 2.05) is 17.0 Å². The molecule has 302 valence electrons. The number of hydrogen-bond donors (Lipinski definition) is 2. The first kappa shape index (κ1) is 38.2. The Hall–Kier alpha value is -4.38. The van der Waals surface area contributed by atoms with Crippen LogP contribution in [0.25, 0.3) is 10.8 Å². The molecule has 0 bridgehead atoms. The fourth-order valence-corrected chi connectivity index (χ4v) is 12.3. The van der Waals surface area contributed by atoms with E-state index in [2.05, 4.69) is 40.4 Å². The summed E-state index contributed by atoms with van der Waals surface area (Å²) in [4.78, 5) is 42.3. The molecule has 2 N–H and O–H groups in total. The second-order valence-corrected chi connectivity index (χ2v) is 18.4. The van der Waals surface area contributed by atoms with E-state index in [0.717, 1.165) is 60.5 Å². The van der Waals surface area contributed by atoms with Crippen molar-refractivity contribution in [1.82, 2.24) is 30.2 Å². The van der Waals surface area contributed by atoms with Gasteiger partial charge >= 0.3 is 0 Å². The van der Waals surface area contributed by atoms with Gasteiger partial charge in [-0.3, -0.25) is 19.5 Å². The molecule has 11 heteroatoms. The molecule has 0 radical (unpaired) electrons. The van der Waals surface area contributed by atoms with E-state index in [9.17, 15) is 18.8 Å². The van der Waals surface area contributed by atoms with Crippen molar-refractivity contribution in [3.63, 3.8) is 0 Å². The molecule has 3 saturated carbocycles. The first-order valence-corrected chi connectivity index (χ1v) is 21.6. The molecule has 2 aromatic heterocycles. The summed E-state index contributed by atoms with van der Waals surface area (Å²) in [6.07, 6.45) is 16.1. The largest absolute Gasteiger partial charge is 0.378 e. The lowest BCUT2D eigenvalue weighted by Crippen LogP contribution is -2.54. The summed E-state index contributed by atoms with van der Waals surface area (Å²) < 4.78 is 21.7. The van der Waals surface area contributed by atoms with Gasteiger partial charge in [0.2, 0.25) is 5.91 Å². The van der Waals surface area contributed by atoms with Crippen LogP contribution in [-0.4, -0.2) is 80.9 Å². The first-order chi connectivity index (χ1) is 27.6. The molecule has 10 nitrogen and oxygen atoms in total. The molecule has 0 unspecified atom stereocenters. The number of benzene rings is 2. The van der Waals surface area contributed by atoms with E-state index >= 15 is 0 Å². The number of rotatable bonds is 10. The van der Waals surface area contributed by atoms with Gasteiger partial charge in [0.15, 0.2) is 0 Å². The fraction of sp³-hybridized carbons (Fsp3) is 0.587. The molecule has 1 saturated heterocycles. The second-order valence-electron chi connectivity index (χ2n) is 18.4. The smallest absolute Gasteiger partial charge is 0.272 e. The third-order valence-corrected chi connectivity index (χ3v) is 15.5. The molecule has 7 atom stereocenters. The maximum Gasteiger partial charge on any atom is 0.272 e. The number of carbonyl (C=O) groups excluding carboxylic acids is 2. The summed E-state index contributed by atoms with van der Waals surface area (Å²) >= 11 is 0. The molecule has 5 aliphatic rings. The second kappa shape index (κ2) is 15.4. The standard InChI is InChI=1S/C46H57FN6O4/c1-45-18-17-37-34(13-12-31-26-39-30(28-48-49-39)27-46(31,37)2)36(45)14-16-41(45)57-23-7-3-4-10-42(54)52-19-21-53(22-20-52)44(56)35-24-29(11-15-38(35)47)25-40-32-8-5-6-9-33(32)43(55)51-50-40/h5-6,8-9,11,15,24,28,31,34,36-37,41H,3-4,7,10,12-14,16-23,25-27H2,1-2H3,(H,48,49)(H,51,55)/t31-,34-,36-,37-,41-,45-,46-/m0/s1. The number of amides is 2. The summed E-state index contributed by atoms with van der Waals surface area (Å²) in [5.74, 6) is 2.30. The van der Waals surface area contributed by atoms with Crippen molar-refractivity contribution in [2.24, 2.45) is 34.5 Å². The van der Waals surface area contributed by atoms with E-state index in [1.54, 1.807) is 29.2 Å². The maximum absolute atomic E-state index is 15.0. The van der Waals surface area contributed by atoms with E-state index in [0.29, 0.717) is 61.6 Å². The zero-order valence-corrected chi connectivity index (χ0v) is 33.5. The van der Waals surface area contributed by atoms with Gasteiger partial charge in [-0.25, -0.2) is 9.49 Å². The Morgan fingerprint density at radius 3 is 2.53 bits per heavy atom. The van der Waals surface area contributed by atoms with Crippen molar-refractivity contribution < 1.29 is 18.7 Å². The minimum atomic E-state index is -0.578. The highest BCUT2D eigenvalue weighted by molar-refractivity contribution is 5.95. The van der Waals surface area contributed by atoms with Crippen LogP contribution in [0.3, 0.4) is 0 Å². The molecule has 2 aromatic carbocycles. The van der Waals surface area contributed by atoms with Gasteiger partial charge in [-0.2, -0.15) is 10.2 Å². The monoisotopic (exact) mass is 776 g/mol. The molecule has 9 rings (SSSR count). The number of aromatic amines is 2. The van der Waals surface area contributed by atoms with Crippen LogP contribution in [0.4, 0.5) is 4.39 Å². The van der Waals surface area contributed by atoms with Crippen LogP contribution in [0.15, 0.2) is 53.5 Å². The molecule has 3 heterocycles. The van der Waals surface area contributed by atoms with Crippen LogP contribution >= 0.6 is 0 Å². The summed E-state index contributed by atoms with van der Waals surface area (Å²) in [5.41, 5.74) is 4.60. The highest BCUT2D eigenvalue weighted by Crippen LogP contribution is 2.66. The topological polar surface area (TPSA) is 124 Å². The fourth-order valence-electron chi connectivity index (χ4n) is 12.3. The van der Waals surface area contributed by atoms with Gasteiger partial charge in [0.25, 0.3) is 11.5 Å². The quantitative estimate of drug-likeness (QED) is 0.164. The normalized spacial score (nSPS) is 29.4. The third-order valence-electron chi connectivity index (χ3n) is 15.5. The Labute approximate surface area is 334 Å². The first-order valence-electron chi connectivity index (χ1n) is 21.6. The van der Waals surface area contributed by atoms with Crippen molar-refractivity contribution in [3.8, 4) is 0 Å². The number of nitrogens with one attached hydrogen (secondary N) is 2. The van der Waals surface area contributed by atoms with E-state index in [4.69, 9.17) is 4.74 Å². The van der Waals surface area contributed by atoms with Gasteiger partial charge in [-0.1, -0.05) is 44.5 Å². The van der Waals surface area contributed by atoms with E-state index in [1.165, 1.54) is 68.7 Å². The predicted molar refractivity (Wildman–Crippen MR) is 216 cm³/mol. The number of fused-ring (bicyclic) bond motifs is 7. The summed E-state index contributed by atoms with van der Waals surface area (Å²) in [7, 11) is 0. The number of H-pyrrole nitrogens is 2. The summed E-state index contributed by atoms with van der Waals surface area (Å²) in [6, 6.07) is 11.8. The molecular formula is C46H57FN6O4. The number of aromatic nitrogens is 4. The van der Waals surface area contributed by atoms with Gasteiger partial charge in [0.1, 0.15) is 5.82 Å². The van der Waals surface area contributed by atoms with Crippen LogP contribution in [0.5, 0.6) is 0 Å². The summed E-state index contributed by atoms with van der Waals surface area (Å²) in [5, 5.41) is 15.7. The van der Waals surface area contributed by atoms with Crippen LogP contribution in [0, 0.1) is 40.3 Å². The molecule has 4 aromatic rings. The molecule has 4 fully saturated rings. The number of ether oxygens (including phenoxy) is 1. The van der Waals surface area contributed by atoms with Crippen LogP contribution in [-0.2, 0) is 28.8 Å². The minimum Gasteiger partial charge on any atom is -0.378 e. The molecular weight excluding hydrogens is 720 g/mol. The maximum atomic E-state index is 15.0. The molecule has 1 aliphatic heterocycles. The number of carbonyl (C=O) groups is 2. The predicted octanol–water partition coefficient (Wildman–Crippen LogP) is 7.26. The Kier molecular flexibility index (Phi) is 10.3. The number of halogens is 1. The number of unbranched alkanes of at least 4 members (excludes halogenated alkanes) is 2. The highest BCUT2D eigenvalue weighted by Gasteiger charge is 2.60. The lowest BCUT2D eigenvalue weighted by molar-refractivity contribution is -0.132. The zero-order chi connectivity index (χ0) is 39.3. The Bertz CT molecular complexity index is 2190. The zero-order valence-electron chi connectivity index (χ0n) is 33.5. The van der Waals surface area contributed by atoms with Crippen molar-refractivity contribution >= 4 is 22.6 Å². The van der Waals surface area contributed by atoms with Crippen molar-refractivity contribution in [2.45, 2.75) is 103 Å². The molecule has 0 spiro atoms. The molecule has 4 aliphatic carbocycles. The highest BCUT2D eigenvalue weighted by atomic mass is 19.1. The Morgan fingerprint density at radius 2 is 1.68 bits per heavy atom. The van der Waals surface area contributed by atoms with E-state index in [-0.39, 0.29) is 28.4 Å². The van der Waals surface area contributed by atoms with Gasteiger partial charge < -0.3 is 14.5 Å². The van der Waals surface area contributed by atoms with E-state index < -0.39 is 5.82 Å². The lowest BCUT2D eigenvalue weighted by atomic mass is 9.45. The van der Waals surface area contributed by atoms with Gasteiger partial charge in [0.05, 0.1) is 28.9 Å². The van der Waals surface area contributed by atoms with Gasteiger partial charge in [-0.15, -0.1) is 0 Å². The lowest BCUT2D eigenvalue weighted by Gasteiger charge is -2.60.